The number of nitrogens with zero attached hydrogens (tertiary/aromatic N) is 3. The molecular formula is C19H17N5O4. The minimum Gasteiger partial charge on any atom is -0.493 e. The summed E-state index contributed by atoms with van der Waals surface area (Å²) in [6.07, 6.45) is 1.39. The fraction of sp³-hybridized carbons (Fsp3) is 0.158. The van der Waals surface area contributed by atoms with Crippen molar-refractivity contribution in [2.24, 2.45) is 0 Å². The second kappa shape index (κ2) is 7.39. The Kier molecular flexibility index (Phi) is 4.63. The SMILES string of the molecule is COc1ccc(Nc2ncnc(Nc3ccc4c(c3)C(=O)OC4)n2)cc1OC. The van der Waals surface area contributed by atoms with Crippen LogP contribution in [0, 0.1) is 0 Å². The van der Waals surface area contributed by atoms with Gasteiger partial charge in [-0.25, -0.2) is 14.8 Å². The Labute approximate surface area is 160 Å². The first-order chi connectivity index (χ1) is 13.7. The van der Waals surface area contributed by atoms with Gasteiger partial charge in [0.1, 0.15) is 12.9 Å². The van der Waals surface area contributed by atoms with E-state index in [1.54, 1.807) is 32.4 Å². The molecule has 28 heavy (non-hydrogen) atoms. The van der Waals surface area contributed by atoms with Crippen LogP contribution in [-0.4, -0.2) is 35.1 Å². The molecule has 3 aromatic rings. The first-order valence-corrected chi connectivity index (χ1v) is 8.41. The van der Waals surface area contributed by atoms with Crippen molar-refractivity contribution in [3.63, 3.8) is 0 Å². The van der Waals surface area contributed by atoms with Crippen molar-refractivity contribution in [3.05, 3.63) is 53.9 Å². The van der Waals surface area contributed by atoms with Crippen LogP contribution in [0.3, 0.4) is 0 Å². The second-order valence-corrected chi connectivity index (χ2v) is 5.90. The fourth-order valence-corrected chi connectivity index (χ4v) is 2.78. The fourth-order valence-electron chi connectivity index (χ4n) is 2.78. The van der Waals surface area contributed by atoms with Crippen LogP contribution in [0.4, 0.5) is 23.3 Å². The predicted octanol–water partition coefficient (Wildman–Crippen LogP) is 3.05. The summed E-state index contributed by atoms with van der Waals surface area (Å²) in [6, 6.07) is 10.8. The van der Waals surface area contributed by atoms with Crippen LogP contribution in [0.2, 0.25) is 0 Å². The number of anilines is 4. The van der Waals surface area contributed by atoms with E-state index in [1.807, 2.05) is 18.2 Å². The summed E-state index contributed by atoms with van der Waals surface area (Å²) in [5, 5.41) is 6.16. The topological polar surface area (TPSA) is 107 Å². The van der Waals surface area contributed by atoms with Crippen molar-refractivity contribution in [2.75, 3.05) is 24.9 Å². The Morgan fingerprint density at radius 1 is 0.929 bits per heavy atom. The molecule has 9 heteroatoms. The minimum atomic E-state index is -0.329. The molecule has 0 unspecified atom stereocenters. The molecule has 2 N–H and O–H groups in total. The first-order valence-electron chi connectivity index (χ1n) is 8.41. The Morgan fingerprint density at radius 3 is 2.32 bits per heavy atom. The number of carbonyl (C=O) groups excluding carboxylic acids is 1. The maximum atomic E-state index is 11.7. The molecule has 0 amide bonds. The first kappa shape index (κ1) is 17.5. The highest BCUT2D eigenvalue weighted by Gasteiger charge is 2.21. The van der Waals surface area contributed by atoms with Crippen molar-refractivity contribution in [1.29, 1.82) is 0 Å². The van der Waals surface area contributed by atoms with Gasteiger partial charge in [0, 0.05) is 23.0 Å². The number of hydrogen-bond donors (Lipinski definition) is 2. The quantitative estimate of drug-likeness (QED) is 0.625. The molecule has 0 atom stereocenters. The van der Waals surface area contributed by atoms with Gasteiger partial charge in [-0.05, 0) is 24.3 Å². The summed E-state index contributed by atoms with van der Waals surface area (Å²) in [7, 11) is 3.15. The highest BCUT2D eigenvalue weighted by molar-refractivity contribution is 5.94. The maximum absolute atomic E-state index is 11.7. The molecule has 142 valence electrons. The van der Waals surface area contributed by atoms with E-state index in [9.17, 15) is 4.79 Å². The van der Waals surface area contributed by atoms with E-state index < -0.39 is 0 Å². The molecule has 1 aliphatic heterocycles. The zero-order chi connectivity index (χ0) is 19.5. The predicted molar refractivity (Wildman–Crippen MR) is 101 cm³/mol. The summed E-state index contributed by atoms with van der Waals surface area (Å²) < 4.78 is 15.5. The molecule has 0 saturated carbocycles. The molecule has 0 radical (unpaired) electrons. The average Bonchev–Trinajstić information content (AvgIpc) is 3.08. The zero-order valence-electron chi connectivity index (χ0n) is 15.2. The van der Waals surface area contributed by atoms with E-state index in [2.05, 4.69) is 25.6 Å². The summed E-state index contributed by atoms with van der Waals surface area (Å²) in [6.45, 7) is 0.305. The molecule has 0 spiro atoms. The second-order valence-electron chi connectivity index (χ2n) is 5.90. The van der Waals surface area contributed by atoms with E-state index in [0.29, 0.717) is 41.3 Å². The average molecular weight is 379 g/mol. The number of carbonyl (C=O) groups is 1. The number of methoxy groups -OCH3 is 2. The van der Waals surface area contributed by atoms with E-state index in [0.717, 1.165) is 11.3 Å². The largest absolute Gasteiger partial charge is 0.493 e. The molecule has 0 bridgehead atoms. The lowest BCUT2D eigenvalue weighted by molar-refractivity contribution is 0.0535. The van der Waals surface area contributed by atoms with Crippen molar-refractivity contribution < 1.29 is 19.0 Å². The van der Waals surface area contributed by atoms with Crippen molar-refractivity contribution in [3.8, 4) is 11.5 Å². The third-order valence-electron chi connectivity index (χ3n) is 4.16. The molecule has 1 aromatic heterocycles. The number of esters is 1. The Hall–Kier alpha value is -3.88. The van der Waals surface area contributed by atoms with Crippen LogP contribution in [-0.2, 0) is 11.3 Å². The molecule has 1 aliphatic rings. The third-order valence-corrected chi connectivity index (χ3v) is 4.16. The van der Waals surface area contributed by atoms with Gasteiger partial charge in [-0.15, -0.1) is 0 Å². The van der Waals surface area contributed by atoms with Crippen LogP contribution in [0.25, 0.3) is 0 Å². The molecule has 0 saturated heterocycles. The Balaban J connectivity index is 1.52. The van der Waals surface area contributed by atoms with Gasteiger partial charge in [-0.3, -0.25) is 0 Å². The number of benzene rings is 2. The van der Waals surface area contributed by atoms with Crippen molar-refractivity contribution in [1.82, 2.24) is 15.0 Å². The van der Waals surface area contributed by atoms with E-state index in [-0.39, 0.29) is 5.97 Å². The smallest absolute Gasteiger partial charge is 0.338 e. The molecule has 2 heterocycles. The van der Waals surface area contributed by atoms with Gasteiger partial charge in [0.05, 0.1) is 19.8 Å². The van der Waals surface area contributed by atoms with Gasteiger partial charge in [-0.2, -0.15) is 4.98 Å². The van der Waals surface area contributed by atoms with Crippen molar-refractivity contribution in [2.45, 2.75) is 6.61 Å². The van der Waals surface area contributed by atoms with E-state index in [1.165, 1.54) is 6.33 Å². The molecule has 0 fully saturated rings. The summed E-state index contributed by atoms with van der Waals surface area (Å²) in [5.74, 6) is 1.57. The number of nitrogens with one attached hydrogen (secondary N) is 2. The lowest BCUT2D eigenvalue weighted by Gasteiger charge is -2.11. The minimum absolute atomic E-state index is 0.305. The number of ether oxygens (including phenoxy) is 3. The summed E-state index contributed by atoms with van der Waals surface area (Å²) >= 11 is 0. The lowest BCUT2D eigenvalue weighted by Crippen LogP contribution is -2.03. The highest BCUT2D eigenvalue weighted by Crippen LogP contribution is 2.30. The third kappa shape index (κ3) is 3.50. The van der Waals surface area contributed by atoms with Crippen LogP contribution in [0.1, 0.15) is 15.9 Å². The lowest BCUT2D eigenvalue weighted by atomic mass is 10.1. The molecule has 2 aromatic carbocycles. The number of rotatable bonds is 6. The van der Waals surface area contributed by atoms with Crippen molar-refractivity contribution >= 4 is 29.2 Å². The van der Waals surface area contributed by atoms with Gasteiger partial charge in [0.25, 0.3) is 0 Å². The summed E-state index contributed by atoms with van der Waals surface area (Å²) in [4.78, 5) is 24.3. The van der Waals surface area contributed by atoms with Gasteiger partial charge >= 0.3 is 5.97 Å². The highest BCUT2D eigenvalue weighted by atomic mass is 16.5. The Bertz CT molecular complexity index is 1040. The number of aromatic nitrogens is 3. The number of cyclic esters (lactones) is 1. The molecule has 4 rings (SSSR count). The van der Waals surface area contributed by atoms with Crippen LogP contribution < -0.4 is 20.1 Å². The van der Waals surface area contributed by atoms with Gasteiger partial charge in [0.15, 0.2) is 11.5 Å². The summed E-state index contributed by atoms with van der Waals surface area (Å²) in [5.41, 5.74) is 2.82. The van der Waals surface area contributed by atoms with Crippen LogP contribution in [0.15, 0.2) is 42.7 Å². The molecule has 9 nitrogen and oxygen atoms in total. The van der Waals surface area contributed by atoms with E-state index >= 15 is 0 Å². The van der Waals surface area contributed by atoms with Crippen LogP contribution >= 0.6 is 0 Å². The van der Waals surface area contributed by atoms with Gasteiger partial charge < -0.3 is 24.8 Å². The van der Waals surface area contributed by atoms with Crippen LogP contribution in [0.5, 0.6) is 11.5 Å². The molecule has 0 aliphatic carbocycles. The van der Waals surface area contributed by atoms with E-state index in [4.69, 9.17) is 14.2 Å². The monoisotopic (exact) mass is 379 g/mol. The van der Waals surface area contributed by atoms with Gasteiger partial charge in [-0.1, -0.05) is 6.07 Å². The molecular weight excluding hydrogens is 362 g/mol. The number of hydrogen-bond acceptors (Lipinski definition) is 9. The standard InChI is InChI=1S/C19H17N5O4/c1-26-15-6-5-13(8-16(15)27-2)23-19-21-10-20-18(24-19)22-12-4-3-11-9-28-17(25)14(11)7-12/h3-8,10H,9H2,1-2H3,(H2,20,21,22,23,24). The maximum Gasteiger partial charge on any atom is 0.338 e. The zero-order valence-corrected chi connectivity index (χ0v) is 15.2. The number of fused-ring (bicyclic) bond motifs is 1. The Morgan fingerprint density at radius 2 is 1.61 bits per heavy atom. The normalized spacial score (nSPS) is 12.1. The van der Waals surface area contributed by atoms with Gasteiger partial charge in [0.2, 0.25) is 11.9 Å².